The Morgan fingerprint density at radius 1 is 1.42 bits per heavy atom. The molecule has 1 aromatic rings. The molecule has 0 aromatic heterocycles. The normalized spacial score (nSPS) is 28.3. The van der Waals surface area contributed by atoms with E-state index in [2.05, 4.69) is 57.0 Å². The molecule has 0 spiro atoms. The van der Waals surface area contributed by atoms with Crippen LogP contribution in [0.15, 0.2) is 24.3 Å². The molecule has 19 heavy (non-hydrogen) atoms. The lowest BCUT2D eigenvalue weighted by Gasteiger charge is -2.44. The third-order valence-corrected chi connectivity index (χ3v) is 4.65. The molecule has 2 heteroatoms. The number of rotatable bonds is 4. The van der Waals surface area contributed by atoms with Crippen LogP contribution in [0.3, 0.4) is 0 Å². The van der Waals surface area contributed by atoms with Crippen molar-refractivity contribution in [1.29, 1.82) is 0 Å². The smallest absolute Gasteiger partial charge is 0.119 e. The fourth-order valence-electron chi connectivity index (χ4n) is 3.02. The third kappa shape index (κ3) is 3.11. The van der Waals surface area contributed by atoms with Gasteiger partial charge in [-0.15, -0.1) is 0 Å². The number of hydrogen-bond donors (Lipinski definition) is 0. The van der Waals surface area contributed by atoms with Gasteiger partial charge < -0.3 is 9.64 Å². The fraction of sp³-hybridized carbons (Fsp3) is 0.647. The van der Waals surface area contributed by atoms with E-state index < -0.39 is 0 Å². The summed E-state index contributed by atoms with van der Waals surface area (Å²) < 4.78 is 5.78. The van der Waals surface area contributed by atoms with Gasteiger partial charge in [-0.2, -0.15) is 0 Å². The number of piperidine rings is 1. The minimum absolute atomic E-state index is 0.276. The Morgan fingerprint density at radius 2 is 2.21 bits per heavy atom. The lowest BCUT2D eigenvalue weighted by molar-refractivity contribution is 0.133. The van der Waals surface area contributed by atoms with Gasteiger partial charge in [0.05, 0.1) is 6.61 Å². The van der Waals surface area contributed by atoms with Crippen molar-refractivity contribution in [3.05, 3.63) is 29.8 Å². The van der Waals surface area contributed by atoms with Gasteiger partial charge in [0.2, 0.25) is 0 Å². The molecule has 1 fully saturated rings. The quantitative estimate of drug-likeness (QED) is 0.819. The average Bonchev–Trinajstić information content (AvgIpc) is 2.41. The summed E-state index contributed by atoms with van der Waals surface area (Å²) in [7, 11) is 2.22. The van der Waals surface area contributed by atoms with Crippen LogP contribution in [0, 0.1) is 5.92 Å². The second-order valence-corrected chi connectivity index (χ2v) is 6.21. The largest absolute Gasteiger partial charge is 0.494 e. The zero-order chi connectivity index (χ0) is 13.9. The number of benzene rings is 1. The van der Waals surface area contributed by atoms with Gasteiger partial charge in [0, 0.05) is 6.54 Å². The summed E-state index contributed by atoms with van der Waals surface area (Å²) in [5, 5.41) is 0. The first-order valence-corrected chi connectivity index (χ1v) is 7.48. The molecule has 2 unspecified atom stereocenters. The van der Waals surface area contributed by atoms with Gasteiger partial charge in [-0.25, -0.2) is 0 Å². The minimum Gasteiger partial charge on any atom is -0.494 e. The summed E-state index contributed by atoms with van der Waals surface area (Å²) in [4.78, 5) is 2.43. The number of ether oxygens (including phenoxy) is 1. The summed E-state index contributed by atoms with van der Waals surface area (Å²) in [6.45, 7) is 10.1. The van der Waals surface area contributed by atoms with Crippen molar-refractivity contribution >= 4 is 0 Å². The molecule has 0 bridgehead atoms. The lowest BCUT2D eigenvalue weighted by Crippen LogP contribution is -2.45. The fourth-order valence-corrected chi connectivity index (χ4v) is 3.02. The van der Waals surface area contributed by atoms with Gasteiger partial charge >= 0.3 is 0 Å². The maximum Gasteiger partial charge on any atom is 0.119 e. The molecule has 1 aliphatic rings. The summed E-state index contributed by atoms with van der Waals surface area (Å²) in [5.41, 5.74) is 1.71. The standard InChI is InChI=1S/C17H27NO/c1-5-11-19-16-8-6-7-15(12-16)17(3)9-10-18(4)13-14(17)2/h6-8,12,14H,5,9-11,13H2,1-4H3. The molecule has 1 aromatic carbocycles. The van der Waals surface area contributed by atoms with Crippen molar-refractivity contribution in [2.24, 2.45) is 5.92 Å². The first-order chi connectivity index (χ1) is 9.06. The molecular formula is C17H27NO. The van der Waals surface area contributed by atoms with Crippen LogP contribution in [-0.4, -0.2) is 31.6 Å². The monoisotopic (exact) mass is 261 g/mol. The van der Waals surface area contributed by atoms with Crippen molar-refractivity contribution in [3.8, 4) is 5.75 Å². The molecule has 0 amide bonds. The SMILES string of the molecule is CCCOc1cccc(C2(C)CCN(C)CC2C)c1. The predicted octanol–water partition coefficient (Wildman–Crippen LogP) is 3.70. The van der Waals surface area contributed by atoms with Crippen LogP contribution in [0.2, 0.25) is 0 Å². The third-order valence-electron chi connectivity index (χ3n) is 4.65. The van der Waals surface area contributed by atoms with E-state index in [1.807, 2.05) is 0 Å². The molecule has 1 aliphatic heterocycles. The van der Waals surface area contributed by atoms with Crippen LogP contribution in [0.1, 0.15) is 39.2 Å². The average molecular weight is 261 g/mol. The van der Waals surface area contributed by atoms with Gasteiger partial charge in [0.1, 0.15) is 5.75 Å². The minimum atomic E-state index is 0.276. The Balaban J connectivity index is 2.20. The van der Waals surface area contributed by atoms with E-state index in [9.17, 15) is 0 Å². The first-order valence-electron chi connectivity index (χ1n) is 7.48. The second-order valence-electron chi connectivity index (χ2n) is 6.21. The molecule has 2 atom stereocenters. The van der Waals surface area contributed by atoms with Gasteiger partial charge in [-0.3, -0.25) is 0 Å². The molecule has 0 saturated carbocycles. The van der Waals surface area contributed by atoms with Crippen LogP contribution >= 0.6 is 0 Å². The molecule has 0 aliphatic carbocycles. The van der Waals surface area contributed by atoms with Crippen molar-refractivity contribution in [3.63, 3.8) is 0 Å². The van der Waals surface area contributed by atoms with Gasteiger partial charge in [0.25, 0.3) is 0 Å². The van der Waals surface area contributed by atoms with Crippen molar-refractivity contribution < 1.29 is 4.74 Å². The van der Waals surface area contributed by atoms with E-state index in [-0.39, 0.29) is 5.41 Å². The number of likely N-dealkylation sites (tertiary alicyclic amines) is 1. The first kappa shape index (κ1) is 14.4. The zero-order valence-corrected chi connectivity index (χ0v) is 12.8. The van der Waals surface area contributed by atoms with E-state index in [4.69, 9.17) is 4.74 Å². The Hall–Kier alpha value is -1.02. The molecule has 1 heterocycles. The zero-order valence-electron chi connectivity index (χ0n) is 12.8. The molecule has 0 radical (unpaired) electrons. The van der Waals surface area contributed by atoms with Crippen LogP contribution in [0.5, 0.6) is 5.75 Å². The predicted molar refractivity (Wildman–Crippen MR) is 80.9 cm³/mol. The number of hydrogen-bond acceptors (Lipinski definition) is 2. The molecule has 2 nitrogen and oxygen atoms in total. The highest BCUT2D eigenvalue weighted by molar-refractivity contribution is 5.34. The van der Waals surface area contributed by atoms with E-state index in [0.717, 1.165) is 18.8 Å². The van der Waals surface area contributed by atoms with Crippen molar-refractivity contribution in [2.45, 2.75) is 39.0 Å². The molecule has 106 valence electrons. The molecule has 0 N–H and O–H groups in total. The van der Waals surface area contributed by atoms with Gasteiger partial charge in [-0.1, -0.05) is 32.9 Å². The highest BCUT2D eigenvalue weighted by Crippen LogP contribution is 2.39. The van der Waals surface area contributed by atoms with E-state index in [0.29, 0.717) is 5.92 Å². The van der Waals surface area contributed by atoms with Crippen molar-refractivity contribution in [2.75, 3.05) is 26.7 Å². The molecule has 1 saturated heterocycles. The van der Waals surface area contributed by atoms with Crippen molar-refractivity contribution in [1.82, 2.24) is 4.90 Å². The Labute approximate surface area is 117 Å². The lowest BCUT2D eigenvalue weighted by atomic mass is 9.68. The number of nitrogens with zero attached hydrogens (tertiary/aromatic N) is 1. The Bertz CT molecular complexity index is 417. The molecular weight excluding hydrogens is 234 g/mol. The van der Waals surface area contributed by atoms with E-state index >= 15 is 0 Å². The van der Waals surface area contributed by atoms with Crippen LogP contribution in [-0.2, 0) is 5.41 Å². The van der Waals surface area contributed by atoms with E-state index in [1.54, 1.807) is 0 Å². The van der Waals surface area contributed by atoms with Crippen LogP contribution in [0.25, 0.3) is 0 Å². The topological polar surface area (TPSA) is 12.5 Å². The Kier molecular flexibility index (Phi) is 4.51. The maximum atomic E-state index is 5.78. The highest BCUT2D eigenvalue weighted by Gasteiger charge is 2.37. The second kappa shape index (κ2) is 5.96. The summed E-state index contributed by atoms with van der Waals surface area (Å²) in [6.07, 6.45) is 2.28. The summed E-state index contributed by atoms with van der Waals surface area (Å²) in [6, 6.07) is 8.72. The van der Waals surface area contributed by atoms with E-state index in [1.165, 1.54) is 25.1 Å². The molecule has 2 rings (SSSR count). The maximum absolute atomic E-state index is 5.78. The van der Waals surface area contributed by atoms with Crippen LogP contribution < -0.4 is 4.74 Å². The van der Waals surface area contributed by atoms with Gasteiger partial charge in [0.15, 0.2) is 0 Å². The highest BCUT2D eigenvalue weighted by atomic mass is 16.5. The van der Waals surface area contributed by atoms with Crippen LogP contribution in [0.4, 0.5) is 0 Å². The van der Waals surface area contributed by atoms with Gasteiger partial charge in [-0.05, 0) is 55.5 Å². The summed E-state index contributed by atoms with van der Waals surface area (Å²) in [5.74, 6) is 1.69. The Morgan fingerprint density at radius 3 is 2.89 bits per heavy atom. The summed E-state index contributed by atoms with van der Waals surface area (Å²) >= 11 is 0.